The van der Waals surface area contributed by atoms with E-state index in [4.69, 9.17) is 0 Å². The summed E-state index contributed by atoms with van der Waals surface area (Å²) in [6, 6.07) is 19.9. The monoisotopic (exact) mass is 415 g/mol. The predicted molar refractivity (Wildman–Crippen MR) is 116 cm³/mol. The molecule has 8 nitrogen and oxygen atoms in total. The van der Waals surface area contributed by atoms with Gasteiger partial charge in [0.15, 0.2) is 0 Å². The summed E-state index contributed by atoms with van der Waals surface area (Å²) in [5, 5.41) is 17.0. The molecule has 1 fully saturated rings. The van der Waals surface area contributed by atoms with Crippen LogP contribution in [0.2, 0.25) is 0 Å². The molecule has 0 N–H and O–H groups in total. The number of benzene rings is 2. The van der Waals surface area contributed by atoms with Gasteiger partial charge in [-0.05, 0) is 47.9 Å². The van der Waals surface area contributed by atoms with Gasteiger partial charge in [0.2, 0.25) is 0 Å². The number of carbonyl (C=O) groups is 1. The van der Waals surface area contributed by atoms with Crippen LogP contribution in [0.25, 0.3) is 0 Å². The first-order valence-corrected chi connectivity index (χ1v) is 9.83. The van der Waals surface area contributed by atoms with E-state index in [1.54, 1.807) is 31.5 Å². The molecule has 1 saturated heterocycles. The van der Waals surface area contributed by atoms with Gasteiger partial charge in [-0.1, -0.05) is 30.3 Å². The summed E-state index contributed by atoms with van der Waals surface area (Å²) in [5.41, 5.74) is 3.35. The van der Waals surface area contributed by atoms with Crippen molar-refractivity contribution in [3.05, 3.63) is 106 Å². The number of carbonyl (C=O) groups excluding carboxylic acids is 1. The fourth-order valence-corrected chi connectivity index (χ4v) is 3.63. The molecule has 1 aliphatic heterocycles. The number of nitro benzene ring substituents is 1. The minimum Gasteiger partial charge on any atom is -0.271 e. The first kappa shape index (κ1) is 20.4. The van der Waals surface area contributed by atoms with Crippen molar-refractivity contribution in [2.24, 2.45) is 5.10 Å². The average Bonchev–Trinajstić information content (AvgIpc) is 3.09. The van der Waals surface area contributed by atoms with Gasteiger partial charge >= 0.3 is 0 Å². The molecule has 31 heavy (non-hydrogen) atoms. The summed E-state index contributed by atoms with van der Waals surface area (Å²) in [6.07, 6.45) is 3.03. The maximum Gasteiger partial charge on any atom is 0.269 e. The van der Waals surface area contributed by atoms with Crippen LogP contribution in [-0.4, -0.2) is 38.0 Å². The average molecular weight is 415 g/mol. The fourth-order valence-electron chi connectivity index (χ4n) is 3.63. The van der Waals surface area contributed by atoms with Crippen molar-refractivity contribution in [3.63, 3.8) is 0 Å². The summed E-state index contributed by atoms with van der Waals surface area (Å²) in [7, 11) is 0. The molecule has 1 aliphatic rings. The predicted octanol–water partition coefficient (Wildman–Crippen LogP) is 3.76. The second-order valence-corrected chi connectivity index (χ2v) is 7.27. The largest absolute Gasteiger partial charge is 0.271 e. The number of hydrazone groups is 1. The fraction of sp³-hybridized carbons (Fsp3) is 0.174. The third-order valence-corrected chi connectivity index (χ3v) is 5.16. The van der Waals surface area contributed by atoms with E-state index in [0.29, 0.717) is 17.8 Å². The first-order chi connectivity index (χ1) is 15.0. The van der Waals surface area contributed by atoms with Crippen LogP contribution in [0.3, 0.4) is 0 Å². The number of amides is 1. The smallest absolute Gasteiger partial charge is 0.269 e. The molecule has 0 spiro atoms. The topological polar surface area (TPSA) is 91.9 Å². The van der Waals surface area contributed by atoms with E-state index in [0.717, 1.165) is 11.1 Å². The lowest BCUT2D eigenvalue weighted by molar-refractivity contribution is -0.384. The molecule has 0 saturated carbocycles. The van der Waals surface area contributed by atoms with Crippen molar-refractivity contribution in [1.29, 1.82) is 0 Å². The Kier molecular flexibility index (Phi) is 5.81. The number of non-ortho nitro benzene ring substituents is 1. The van der Waals surface area contributed by atoms with Crippen molar-refractivity contribution in [2.45, 2.75) is 19.6 Å². The van der Waals surface area contributed by atoms with E-state index < -0.39 is 4.92 Å². The highest BCUT2D eigenvalue weighted by Crippen LogP contribution is 2.32. The number of nitro groups is 1. The normalized spacial score (nSPS) is 17.2. The molecule has 1 aromatic heterocycles. The Balaban J connectivity index is 1.66. The number of hydrogen-bond acceptors (Lipinski definition) is 6. The Hall–Kier alpha value is -3.91. The molecule has 3 aromatic rings. The Morgan fingerprint density at radius 3 is 2.42 bits per heavy atom. The van der Waals surface area contributed by atoms with Gasteiger partial charge in [-0.15, -0.1) is 0 Å². The molecule has 2 heterocycles. The van der Waals surface area contributed by atoms with Gasteiger partial charge in [0.05, 0.1) is 17.2 Å². The highest BCUT2D eigenvalue weighted by molar-refractivity contribution is 5.99. The van der Waals surface area contributed by atoms with Crippen LogP contribution in [0.5, 0.6) is 0 Å². The van der Waals surface area contributed by atoms with Gasteiger partial charge in [0.1, 0.15) is 6.17 Å². The van der Waals surface area contributed by atoms with Crippen LogP contribution >= 0.6 is 0 Å². The molecule has 2 aromatic carbocycles. The third kappa shape index (κ3) is 4.49. The molecule has 0 bridgehead atoms. The van der Waals surface area contributed by atoms with E-state index in [1.165, 1.54) is 17.1 Å². The lowest BCUT2D eigenvalue weighted by Gasteiger charge is -2.27. The SMILES string of the molecule is C/C(=N/N1C(=O)CN(Cc2ccccc2)[C@H]1c1ccncc1)c1ccc([N+](=O)[O-])cc1. The zero-order chi connectivity index (χ0) is 21.8. The first-order valence-electron chi connectivity index (χ1n) is 9.83. The van der Waals surface area contributed by atoms with Crippen molar-refractivity contribution < 1.29 is 9.72 Å². The quantitative estimate of drug-likeness (QED) is 0.347. The van der Waals surface area contributed by atoms with Crippen LogP contribution in [0.1, 0.15) is 29.8 Å². The molecule has 1 amide bonds. The van der Waals surface area contributed by atoms with Gasteiger partial charge in [0.25, 0.3) is 11.6 Å². The van der Waals surface area contributed by atoms with Crippen molar-refractivity contribution in [1.82, 2.24) is 14.9 Å². The van der Waals surface area contributed by atoms with Gasteiger partial charge in [-0.3, -0.25) is 24.8 Å². The minimum absolute atomic E-state index is 0.0116. The summed E-state index contributed by atoms with van der Waals surface area (Å²) in [5.74, 6) is -0.112. The molecular formula is C23H21N5O3. The second kappa shape index (κ2) is 8.85. The van der Waals surface area contributed by atoms with Crippen LogP contribution in [0.4, 0.5) is 5.69 Å². The van der Waals surface area contributed by atoms with Gasteiger partial charge in [-0.2, -0.15) is 5.10 Å². The lowest BCUT2D eigenvalue weighted by Crippen LogP contribution is -2.29. The maximum absolute atomic E-state index is 12.9. The standard InChI is InChI=1S/C23H21N5O3/c1-17(19-7-9-21(10-8-19)28(30)31)25-27-22(29)16-26(15-18-5-3-2-4-6-18)23(27)20-11-13-24-14-12-20/h2-14,23H,15-16H2,1H3/b25-17-/t23-/m1/s1. The highest BCUT2D eigenvalue weighted by Gasteiger charge is 2.39. The van der Waals surface area contributed by atoms with Crippen molar-refractivity contribution in [3.8, 4) is 0 Å². The third-order valence-electron chi connectivity index (χ3n) is 5.16. The molecular weight excluding hydrogens is 394 g/mol. The molecule has 1 atom stereocenters. The second-order valence-electron chi connectivity index (χ2n) is 7.27. The molecule has 156 valence electrons. The van der Waals surface area contributed by atoms with Gasteiger partial charge in [-0.25, -0.2) is 5.01 Å². The summed E-state index contributed by atoms with van der Waals surface area (Å²) in [4.78, 5) is 29.6. The Labute approximate surface area is 179 Å². The Morgan fingerprint density at radius 1 is 1.10 bits per heavy atom. The number of hydrogen-bond donors (Lipinski definition) is 0. The van der Waals surface area contributed by atoms with Crippen LogP contribution in [0, 0.1) is 10.1 Å². The number of aromatic nitrogens is 1. The zero-order valence-corrected chi connectivity index (χ0v) is 17.0. The molecule has 0 aliphatic carbocycles. The number of pyridine rings is 1. The summed E-state index contributed by atoms with van der Waals surface area (Å²) in [6.45, 7) is 2.62. The lowest BCUT2D eigenvalue weighted by atomic mass is 10.1. The minimum atomic E-state index is -0.443. The molecule has 4 rings (SSSR count). The van der Waals surface area contributed by atoms with E-state index in [1.807, 2.05) is 42.5 Å². The number of nitrogens with zero attached hydrogens (tertiary/aromatic N) is 5. The van der Waals surface area contributed by atoms with Crippen LogP contribution in [-0.2, 0) is 11.3 Å². The van der Waals surface area contributed by atoms with Crippen LogP contribution < -0.4 is 0 Å². The summed E-state index contributed by atoms with van der Waals surface area (Å²) >= 11 is 0. The van der Waals surface area contributed by atoms with E-state index >= 15 is 0 Å². The van der Waals surface area contributed by atoms with Crippen molar-refractivity contribution >= 4 is 17.3 Å². The van der Waals surface area contributed by atoms with Gasteiger partial charge < -0.3 is 0 Å². The Morgan fingerprint density at radius 2 is 1.77 bits per heavy atom. The van der Waals surface area contributed by atoms with Crippen LogP contribution in [0.15, 0.2) is 84.2 Å². The van der Waals surface area contributed by atoms with E-state index in [9.17, 15) is 14.9 Å². The Bertz CT molecular complexity index is 1100. The zero-order valence-electron chi connectivity index (χ0n) is 17.0. The summed E-state index contributed by atoms with van der Waals surface area (Å²) < 4.78 is 0. The van der Waals surface area contributed by atoms with Gasteiger partial charge in [0, 0.05) is 31.1 Å². The number of rotatable bonds is 6. The van der Waals surface area contributed by atoms with E-state index in [2.05, 4.69) is 15.0 Å². The molecule has 0 unspecified atom stereocenters. The molecule has 8 heteroatoms. The molecule has 0 radical (unpaired) electrons. The highest BCUT2D eigenvalue weighted by atomic mass is 16.6. The maximum atomic E-state index is 12.9. The van der Waals surface area contributed by atoms with E-state index in [-0.39, 0.29) is 24.3 Å². The van der Waals surface area contributed by atoms with Crippen molar-refractivity contribution in [2.75, 3.05) is 6.54 Å².